The first-order valence-corrected chi connectivity index (χ1v) is 4.61. The third-order valence-corrected chi connectivity index (χ3v) is 2.04. The van der Waals surface area contributed by atoms with E-state index in [4.69, 9.17) is 10.2 Å². The standard InChI is InChI=1S/C9H10F2N2O4/c10-6-1-8(12-5(3-14)4-15)9(13(16)17)2-7(6)11/h1-2,5,12,14-15H,3-4H2. The van der Waals surface area contributed by atoms with E-state index in [9.17, 15) is 18.9 Å². The fourth-order valence-corrected chi connectivity index (χ4v) is 1.17. The van der Waals surface area contributed by atoms with E-state index in [0.717, 1.165) is 0 Å². The number of benzene rings is 1. The summed E-state index contributed by atoms with van der Waals surface area (Å²) in [6.07, 6.45) is 0. The van der Waals surface area contributed by atoms with E-state index in [1.165, 1.54) is 0 Å². The van der Waals surface area contributed by atoms with E-state index in [2.05, 4.69) is 5.32 Å². The summed E-state index contributed by atoms with van der Waals surface area (Å²) in [5.41, 5.74) is -0.974. The molecule has 6 nitrogen and oxygen atoms in total. The zero-order valence-electron chi connectivity index (χ0n) is 8.56. The molecule has 1 aromatic carbocycles. The number of hydrogen-bond acceptors (Lipinski definition) is 5. The van der Waals surface area contributed by atoms with Crippen LogP contribution in [-0.4, -0.2) is 34.4 Å². The highest BCUT2D eigenvalue weighted by Gasteiger charge is 2.20. The SMILES string of the molecule is O=[N+]([O-])c1cc(F)c(F)cc1NC(CO)CO. The highest BCUT2D eigenvalue weighted by atomic mass is 19.2. The lowest BCUT2D eigenvalue weighted by molar-refractivity contribution is -0.384. The van der Waals surface area contributed by atoms with Gasteiger partial charge in [-0.3, -0.25) is 10.1 Å². The predicted molar refractivity (Wildman–Crippen MR) is 54.6 cm³/mol. The number of hydrogen-bond donors (Lipinski definition) is 3. The Hall–Kier alpha value is -1.80. The maximum atomic E-state index is 12.9. The Bertz CT molecular complexity index is 424. The van der Waals surface area contributed by atoms with Crippen LogP contribution in [0.4, 0.5) is 20.2 Å². The van der Waals surface area contributed by atoms with Gasteiger partial charge in [0, 0.05) is 6.07 Å². The van der Waals surface area contributed by atoms with Crippen LogP contribution in [0.5, 0.6) is 0 Å². The highest BCUT2D eigenvalue weighted by Crippen LogP contribution is 2.27. The Morgan fingerprint density at radius 3 is 2.29 bits per heavy atom. The molecule has 0 saturated carbocycles. The second-order valence-corrected chi connectivity index (χ2v) is 3.25. The van der Waals surface area contributed by atoms with Crippen molar-refractivity contribution in [2.45, 2.75) is 6.04 Å². The summed E-state index contributed by atoms with van der Waals surface area (Å²) in [7, 11) is 0. The van der Waals surface area contributed by atoms with E-state index >= 15 is 0 Å². The number of nitro benzene ring substituents is 1. The monoisotopic (exact) mass is 248 g/mol. The maximum Gasteiger partial charge on any atom is 0.295 e. The van der Waals surface area contributed by atoms with Crippen LogP contribution in [0.1, 0.15) is 0 Å². The summed E-state index contributed by atoms with van der Waals surface area (Å²) in [5.74, 6) is -2.60. The van der Waals surface area contributed by atoms with E-state index < -0.39 is 41.5 Å². The Morgan fingerprint density at radius 1 is 1.29 bits per heavy atom. The van der Waals surface area contributed by atoms with E-state index in [-0.39, 0.29) is 5.69 Å². The molecule has 0 atom stereocenters. The Kier molecular flexibility index (Phi) is 4.30. The number of nitrogens with zero attached hydrogens (tertiary/aromatic N) is 1. The lowest BCUT2D eigenvalue weighted by Crippen LogP contribution is -2.28. The topological polar surface area (TPSA) is 95.6 Å². The second-order valence-electron chi connectivity index (χ2n) is 3.25. The van der Waals surface area contributed by atoms with Crippen LogP contribution >= 0.6 is 0 Å². The van der Waals surface area contributed by atoms with Crippen molar-refractivity contribution in [3.05, 3.63) is 33.9 Å². The number of anilines is 1. The van der Waals surface area contributed by atoms with Crippen molar-refractivity contribution >= 4 is 11.4 Å². The van der Waals surface area contributed by atoms with E-state index in [0.29, 0.717) is 12.1 Å². The van der Waals surface area contributed by atoms with Gasteiger partial charge in [-0.25, -0.2) is 8.78 Å². The molecule has 3 N–H and O–H groups in total. The van der Waals surface area contributed by atoms with Crippen LogP contribution in [-0.2, 0) is 0 Å². The first-order valence-electron chi connectivity index (χ1n) is 4.61. The number of halogens is 2. The summed E-state index contributed by atoms with van der Waals surface area (Å²) in [6, 6.07) is 0.147. The molecule has 17 heavy (non-hydrogen) atoms. The smallest absolute Gasteiger partial charge is 0.295 e. The van der Waals surface area contributed by atoms with E-state index in [1.807, 2.05) is 0 Å². The third-order valence-electron chi connectivity index (χ3n) is 2.04. The lowest BCUT2D eigenvalue weighted by Gasteiger charge is -2.14. The number of nitrogens with one attached hydrogen (secondary N) is 1. The molecule has 0 heterocycles. The predicted octanol–water partition coefficient (Wildman–Crippen LogP) is 0.638. The lowest BCUT2D eigenvalue weighted by atomic mass is 10.2. The average molecular weight is 248 g/mol. The van der Waals surface area contributed by atoms with Crippen molar-refractivity contribution in [1.29, 1.82) is 0 Å². The van der Waals surface area contributed by atoms with Crippen LogP contribution in [0.3, 0.4) is 0 Å². The third kappa shape index (κ3) is 3.08. The van der Waals surface area contributed by atoms with Crippen molar-refractivity contribution in [3.8, 4) is 0 Å². The normalized spacial score (nSPS) is 10.6. The first-order chi connectivity index (χ1) is 7.99. The Balaban J connectivity index is 3.12. The van der Waals surface area contributed by atoms with Gasteiger partial charge in [0.1, 0.15) is 5.69 Å². The van der Waals surface area contributed by atoms with Gasteiger partial charge < -0.3 is 15.5 Å². The molecule has 8 heteroatoms. The summed E-state index contributed by atoms with van der Waals surface area (Å²) < 4.78 is 25.7. The van der Waals surface area contributed by atoms with Crippen molar-refractivity contribution in [2.75, 3.05) is 18.5 Å². The van der Waals surface area contributed by atoms with Gasteiger partial charge in [0.05, 0.1) is 30.2 Å². The Morgan fingerprint density at radius 2 is 1.82 bits per heavy atom. The van der Waals surface area contributed by atoms with Crippen LogP contribution in [0, 0.1) is 21.7 Å². The maximum absolute atomic E-state index is 12.9. The van der Waals surface area contributed by atoms with Crippen molar-refractivity contribution < 1.29 is 23.9 Å². The van der Waals surface area contributed by atoms with Crippen molar-refractivity contribution in [2.24, 2.45) is 0 Å². The minimum atomic E-state index is -1.34. The van der Waals surface area contributed by atoms with Gasteiger partial charge in [0.25, 0.3) is 5.69 Å². The number of rotatable bonds is 5. The minimum Gasteiger partial charge on any atom is -0.394 e. The molecule has 0 aliphatic rings. The van der Waals surface area contributed by atoms with Gasteiger partial charge in [-0.2, -0.15) is 0 Å². The van der Waals surface area contributed by atoms with Gasteiger partial charge >= 0.3 is 0 Å². The fraction of sp³-hybridized carbons (Fsp3) is 0.333. The molecule has 0 fully saturated rings. The minimum absolute atomic E-state index is 0.304. The van der Waals surface area contributed by atoms with Crippen LogP contribution in [0.25, 0.3) is 0 Å². The van der Waals surface area contributed by atoms with Crippen LogP contribution in [0.15, 0.2) is 12.1 Å². The van der Waals surface area contributed by atoms with Gasteiger partial charge in [0.15, 0.2) is 11.6 Å². The Labute approximate surface area is 94.6 Å². The first kappa shape index (κ1) is 13.3. The molecule has 1 aromatic rings. The fourth-order valence-electron chi connectivity index (χ4n) is 1.17. The van der Waals surface area contributed by atoms with Gasteiger partial charge in [-0.05, 0) is 0 Å². The van der Waals surface area contributed by atoms with Crippen LogP contribution < -0.4 is 5.32 Å². The molecule has 1 rings (SSSR count). The molecule has 0 spiro atoms. The molecule has 0 amide bonds. The van der Waals surface area contributed by atoms with Gasteiger partial charge in [-0.1, -0.05) is 0 Å². The molecular formula is C9H10F2N2O4. The molecular weight excluding hydrogens is 238 g/mol. The summed E-state index contributed by atoms with van der Waals surface area (Å²) in [5, 5.41) is 30.5. The zero-order valence-corrected chi connectivity index (χ0v) is 8.56. The summed E-state index contributed by atoms with van der Waals surface area (Å²) in [4.78, 5) is 9.70. The number of aliphatic hydroxyl groups is 2. The average Bonchev–Trinajstić information content (AvgIpc) is 2.29. The summed E-state index contributed by atoms with van der Waals surface area (Å²) in [6.45, 7) is -1.01. The van der Waals surface area contributed by atoms with Crippen molar-refractivity contribution in [3.63, 3.8) is 0 Å². The van der Waals surface area contributed by atoms with Crippen LogP contribution in [0.2, 0.25) is 0 Å². The molecule has 0 aliphatic carbocycles. The highest BCUT2D eigenvalue weighted by molar-refractivity contribution is 5.62. The molecule has 94 valence electrons. The molecule has 0 aliphatic heterocycles. The largest absolute Gasteiger partial charge is 0.394 e. The molecule has 0 bridgehead atoms. The number of nitro groups is 1. The van der Waals surface area contributed by atoms with Gasteiger partial charge in [-0.15, -0.1) is 0 Å². The molecule has 0 aromatic heterocycles. The molecule has 0 saturated heterocycles. The molecule has 0 radical (unpaired) electrons. The van der Waals surface area contributed by atoms with Crippen molar-refractivity contribution in [1.82, 2.24) is 0 Å². The summed E-state index contributed by atoms with van der Waals surface area (Å²) >= 11 is 0. The second kappa shape index (κ2) is 5.51. The van der Waals surface area contributed by atoms with Gasteiger partial charge in [0.2, 0.25) is 0 Å². The zero-order chi connectivity index (χ0) is 13.0. The number of aliphatic hydroxyl groups excluding tert-OH is 2. The quantitative estimate of drug-likeness (QED) is 0.525. The molecule has 0 unspecified atom stereocenters. The van der Waals surface area contributed by atoms with E-state index in [1.54, 1.807) is 0 Å².